The van der Waals surface area contributed by atoms with Crippen LogP contribution in [0, 0.1) is 5.92 Å². The van der Waals surface area contributed by atoms with E-state index < -0.39 is 12.1 Å². The van der Waals surface area contributed by atoms with E-state index in [1.807, 2.05) is 0 Å². The van der Waals surface area contributed by atoms with Crippen LogP contribution in [0.4, 0.5) is 0 Å². The van der Waals surface area contributed by atoms with Crippen molar-refractivity contribution < 1.29 is 19.8 Å². The van der Waals surface area contributed by atoms with Crippen molar-refractivity contribution >= 4 is 11.9 Å². The molecule has 0 radical (unpaired) electrons. The molecule has 1 fully saturated rings. The zero-order chi connectivity index (χ0) is 13.7. The van der Waals surface area contributed by atoms with Crippen LogP contribution in [0.15, 0.2) is 0 Å². The largest absolute Gasteiger partial charge is 0.480 e. The first-order valence-corrected chi connectivity index (χ1v) is 6.61. The zero-order valence-corrected chi connectivity index (χ0v) is 11.1. The summed E-state index contributed by atoms with van der Waals surface area (Å²) in [4.78, 5) is 24.2. The van der Waals surface area contributed by atoms with E-state index in [1.54, 1.807) is 13.8 Å². The highest BCUT2D eigenvalue weighted by Gasteiger charge is 2.28. The summed E-state index contributed by atoms with van der Waals surface area (Å²) in [5, 5.41) is 18.6. The fourth-order valence-electron chi connectivity index (χ4n) is 2.47. The van der Waals surface area contributed by atoms with Gasteiger partial charge in [-0.25, -0.2) is 0 Å². The minimum atomic E-state index is -0.999. The molecule has 1 rings (SSSR count). The van der Waals surface area contributed by atoms with Gasteiger partial charge in [0.1, 0.15) is 6.54 Å². The predicted octanol–water partition coefficient (Wildman–Crippen LogP) is 1.25. The lowest BCUT2D eigenvalue weighted by molar-refractivity contribution is -0.146. The Kier molecular flexibility index (Phi) is 5.59. The predicted molar refractivity (Wildman–Crippen MR) is 67.1 cm³/mol. The highest BCUT2D eigenvalue weighted by Crippen LogP contribution is 2.27. The lowest BCUT2D eigenvalue weighted by atomic mass is 9.84. The van der Waals surface area contributed by atoms with Crippen LogP contribution < -0.4 is 0 Å². The molecule has 1 saturated carbocycles. The fraction of sp³-hybridized carbons (Fsp3) is 0.846. The van der Waals surface area contributed by atoms with Crippen molar-refractivity contribution in [2.24, 2.45) is 5.92 Å². The number of carboxylic acids is 1. The van der Waals surface area contributed by atoms with Gasteiger partial charge >= 0.3 is 5.97 Å². The Morgan fingerprint density at radius 1 is 1.28 bits per heavy atom. The molecular weight excluding hydrogens is 234 g/mol. The molecule has 0 bridgehead atoms. The quantitative estimate of drug-likeness (QED) is 0.777. The van der Waals surface area contributed by atoms with Crippen LogP contribution in [-0.2, 0) is 9.59 Å². The number of rotatable bonds is 5. The van der Waals surface area contributed by atoms with E-state index in [4.69, 9.17) is 5.11 Å². The molecule has 104 valence electrons. The first-order chi connectivity index (χ1) is 8.41. The van der Waals surface area contributed by atoms with Crippen molar-refractivity contribution in [3.63, 3.8) is 0 Å². The molecule has 0 aromatic carbocycles. The van der Waals surface area contributed by atoms with Crippen LogP contribution in [-0.4, -0.2) is 45.7 Å². The number of aliphatic hydroxyl groups excluding tert-OH is 1. The molecule has 0 saturated heterocycles. The molecule has 5 heteroatoms. The van der Waals surface area contributed by atoms with Crippen molar-refractivity contribution in [3.8, 4) is 0 Å². The molecule has 2 N–H and O–H groups in total. The van der Waals surface area contributed by atoms with Crippen LogP contribution in [0.2, 0.25) is 0 Å². The van der Waals surface area contributed by atoms with Crippen molar-refractivity contribution in [1.29, 1.82) is 0 Å². The van der Waals surface area contributed by atoms with Crippen molar-refractivity contribution in [2.75, 3.05) is 6.54 Å². The van der Waals surface area contributed by atoms with Gasteiger partial charge in [0.05, 0.1) is 6.10 Å². The van der Waals surface area contributed by atoms with Gasteiger partial charge in [0, 0.05) is 12.5 Å². The summed E-state index contributed by atoms with van der Waals surface area (Å²) >= 11 is 0. The van der Waals surface area contributed by atoms with Crippen molar-refractivity contribution in [2.45, 2.75) is 58.1 Å². The molecule has 0 aromatic rings. The first kappa shape index (κ1) is 15.0. The number of aliphatic hydroxyl groups is 1. The van der Waals surface area contributed by atoms with Crippen molar-refractivity contribution in [1.82, 2.24) is 4.90 Å². The van der Waals surface area contributed by atoms with E-state index >= 15 is 0 Å². The molecule has 2 atom stereocenters. The van der Waals surface area contributed by atoms with Gasteiger partial charge in [0.2, 0.25) is 5.91 Å². The third-order valence-corrected chi connectivity index (χ3v) is 3.56. The number of amides is 1. The Balaban J connectivity index is 2.57. The number of aliphatic carboxylic acids is 1. The summed E-state index contributed by atoms with van der Waals surface area (Å²) in [5.41, 5.74) is 0. The first-order valence-electron chi connectivity index (χ1n) is 6.61. The number of carbonyl (C=O) groups excluding carboxylic acids is 1. The summed E-state index contributed by atoms with van der Waals surface area (Å²) in [7, 11) is 0. The molecule has 18 heavy (non-hydrogen) atoms. The van der Waals surface area contributed by atoms with Gasteiger partial charge in [0.25, 0.3) is 0 Å². The van der Waals surface area contributed by atoms with Crippen LogP contribution >= 0.6 is 0 Å². The summed E-state index contributed by atoms with van der Waals surface area (Å²) in [5.74, 6) is -1.18. The molecule has 0 spiro atoms. The highest BCUT2D eigenvalue weighted by molar-refractivity contribution is 5.81. The van der Waals surface area contributed by atoms with Gasteiger partial charge in [0.15, 0.2) is 0 Å². The lowest BCUT2D eigenvalue weighted by Gasteiger charge is -2.31. The Morgan fingerprint density at radius 2 is 1.89 bits per heavy atom. The standard InChI is InChI=1S/C13H23NO4/c1-9(2)14(8-13(17)18)12(16)7-10-5-3-4-6-11(10)15/h9-11,15H,3-8H2,1-2H3,(H,17,18)/t10-,11+/m0/s1. The van der Waals surface area contributed by atoms with Gasteiger partial charge in [-0.1, -0.05) is 12.8 Å². The lowest BCUT2D eigenvalue weighted by Crippen LogP contribution is -2.42. The second-order valence-corrected chi connectivity index (χ2v) is 5.33. The molecule has 5 nitrogen and oxygen atoms in total. The number of nitrogens with zero attached hydrogens (tertiary/aromatic N) is 1. The fourth-order valence-corrected chi connectivity index (χ4v) is 2.47. The summed E-state index contributed by atoms with van der Waals surface area (Å²) in [6.45, 7) is 3.34. The van der Waals surface area contributed by atoms with Gasteiger partial charge in [-0.05, 0) is 32.6 Å². The summed E-state index contributed by atoms with van der Waals surface area (Å²) in [6, 6.07) is -0.130. The van der Waals surface area contributed by atoms with Crippen molar-refractivity contribution in [3.05, 3.63) is 0 Å². The van der Waals surface area contributed by atoms with Crippen LogP contribution in [0.1, 0.15) is 46.0 Å². The van der Waals surface area contributed by atoms with E-state index in [0.717, 1.165) is 25.7 Å². The Bertz CT molecular complexity index is 303. The average Bonchev–Trinajstić information content (AvgIpc) is 2.28. The van der Waals surface area contributed by atoms with Gasteiger partial charge in [-0.2, -0.15) is 0 Å². The third-order valence-electron chi connectivity index (χ3n) is 3.56. The SMILES string of the molecule is CC(C)N(CC(=O)O)C(=O)C[C@@H]1CCCC[C@H]1O. The van der Waals surface area contributed by atoms with E-state index in [1.165, 1.54) is 4.90 Å². The molecule has 0 heterocycles. The maximum absolute atomic E-state index is 12.1. The van der Waals surface area contributed by atoms with E-state index in [9.17, 15) is 14.7 Å². The Hall–Kier alpha value is -1.10. The van der Waals surface area contributed by atoms with E-state index in [2.05, 4.69) is 0 Å². The van der Waals surface area contributed by atoms with Gasteiger partial charge in [-0.15, -0.1) is 0 Å². The van der Waals surface area contributed by atoms with Gasteiger partial charge in [-0.3, -0.25) is 9.59 Å². The van der Waals surface area contributed by atoms with Crippen LogP contribution in [0.25, 0.3) is 0 Å². The molecular formula is C13H23NO4. The molecule has 1 aliphatic carbocycles. The van der Waals surface area contributed by atoms with Crippen LogP contribution in [0.3, 0.4) is 0 Å². The number of hydrogen-bond acceptors (Lipinski definition) is 3. The average molecular weight is 257 g/mol. The summed E-state index contributed by atoms with van der Waals surface area (Å²) in [6.07, 6.45) is 3.49. The summed E-state index contributed by atoms with van der Waals surface area (Å²) < 4.78 is 0. The molecule has 0 aliphatic heterocycles. The second-order valence-electron chi connectivity index (χ2n) is 5.33. The molecule has 1 aliphatic rings. The smallest absolute Gasteiger partial charge is 0.323 e. The normalized spacial score (nSPS) is 24.0. The number of carboxylic acid groups (broad SMARTS) is 1. The molecule has 0 unspecified atom stereocenters. The molecule has 1 amide bonds. The molecule has 0 aromatic heterocycles. The topological polar surface area (TPSA) is 77.8 Å². The highest BCUT2D eigenvalue weighted by atomic mass is 16.4. The maximum atomic E-state index is 12.1. The van der Waals surface area contributed by atoms with E-state index in [-0.39, 0.29) is 30.8 Å². The zero-order valence-electron chi connectivity index (χ0n) is 11.1. The third kappa shape index (κ3) is 4.29. The Morgan fingerprint density at radius 3 is 2.39 bits per heavy atom. The van der Waals surface area contributed by atoms with E-state index in [0.29, 0.717) is 0 Å². The Labute approximate surface area is 108 Å². The van der Waals surface area contributed by atoms with Gasteiger partial charge < -0.3 is 15.1 Å². The van der Waals surface area contributed by atoms with Crippen LogP contribution in [0.5, 0.6) is 0 Å². The number of carbonyl (C=O) groups is 2. The number of hydrogen-bond donors (Lipinski definition) is 2. The minimum Gasteiger partial charge on any atom is -0.480 e. The second kappa shape index (κ2) is 6.73. The minimum absolute atomic E-state index is 0.0127. The monoisotopic (exact) mass is 257 g/mol. The maximum Gasteiger partial charge on any atom is 0.323 e.